The van der Waals surface area contributed by atoms with Crippen molar-refractivity contribution >= 4 is 22.9 Å². The Morgan fingerprint density at radius 1 is 1.42 bits per heavy atom. The first-order chi connectivity index (χ1) is 9.16. The molecule has 0 atom stereocenters. The number of fused-ring (bicyclic) bond motifs is 1. The summed E-state index contributed by atoms with van der Waals surface area (Å²) in [6.45, 7) is 4.96. The van der Waals surface area contributed by atoms with Crippen LogP contribution in [0, 0.1) is 13.8 Å². The van der Waals surface area contributed by atoms with Gasteiger partial charge in [0.25, 0.3) is 5.91 Å². The van der Waals surface area contributed by atoms with E-state index in [0.29, 0.717) is 19.0 Å². The summed E-state index contributed by atoms with van der Waals surface area (Å²) in [5, 5.41) is 3.89. The highest BCUT2D eigenvalue weighted by atomic mass is 32.1. The fraction of sp³-hybridized carbons (Fsp3) is 0.286. The van der Waals surface area contributed by atoms with Crippen molar-refractivity contribution in [2.24, 2.45) is 0 Å². The van der Waals surface area contributed by atoms with Crippen LogP contribution in [0.3, 0.4) is 0 Å². The van der Waals surface area contributed by atoms with Crippen LogP contribution in [0.15, 0.2) is 23.0 Å². The first-order valence-electron chi connectivity index (χ1n) is 6.11. The van der Waals surface area contributed by atoms with Crippen LogP contribution in [0.2, 0.25) is 0 Å². The summed E-state index contributed by atoms with van der Waals surface area (Å²) in [7, 11) is 0. The monoisotopic (exact) mass is 274 g/mol. The maximum absolute atomic E-state index is 12.6. The minimum absolute atomic E-state index is 0.0238. The van der Waals surface area contributed by atoms with Crippen LogP contribution in [0.1, 0.15) is 21.5 Å². The lowest BCUT2D eigenvalue weighted by Crippen LogP contribution is -2.38. The number of carbonyl (C=O) groups excluding carboxylic acids is 1. The minimum Gasteiger partial charge on any atom is -0.474 e. The van der Waals surface area contributed by atoms with Gasteiger partial charge in [-0.25, -0.2) is 4.98 Å². The summed E-state index contributed by atoms with van der Waals surface area (Å²) in [4.78, 5) is 18.6. The summed E-state index contributed by atoms with van der Waals surface area (Å²) in [5.74, 6) is 0.564. The molecular weight excluding hydrogens is 260 g/mol. The fourth-order valence-electron chi connectivity index (χ4n) is 2.14. The van der Waals surface area contributed by atoms with Crippen LogP contribution in [0.5, 0.6) is 5.88 Å². The maximum atomic E-state index is 12.6. The van der Waals surface area contributed by atoms with E-state index in [2.05, 4.69) is 4.98 Å². The quantitative estimate of drug-likeness (QED) is 0.803. The van der Waals surface area contributed by atoms with Crippen LogP contribution in [0.25, 0.3) is 0 Å². The van der Waals surface area contributed by atoms with E-state index in [-0.39, 0.29) is 5.91 Å². The standard InChI is InChI=1S/C14H14N2O2S/c1-9-5-12-13(15-6-9)18-4-3-16(12)14(17)11-8-19-7-10(11)2/h5-8H,3-4H2,1-2H3. The van der Waals surface area contributed by atoms with Gasteiger partial charge < -0.3 is 9.64 Å². The molecule has 0 saturated heterocycles. The van der Waals surface area contributed by atoms with E-state index >= 15 is 0 Å². The van der Waals surface area contributed by atoms with Crippen molar-refractivity contribution in [3.8, 4) is 5.88 Å². The Morgan fingerprint density at radius 3 is 3.00 bits per heavy atom. The number of rotatable bonds is 1. The van der Waals surface area contributed by atoms with Gasteiger partial charge in [-0.05, 0) is 36.4 Å². The molecule has 3 heterocycles. The molecule has 0 fully saturated rings. The number of hydrogen-bond donors (Lipinski definition) is 0. The number of ether oxygens (including phenoxy) is 1. The summed E-state index contributed by atoms with van der Waals surface area (Å²) < 4.78 is 5.50. The van der Waals surface area contributed by atoms with Gasteiger partial charge in [-0.1, -0.05) is 0 Å². The normalized spacial score (nSPS) is 13.9. The Kier molecular flexibility index (Phi) is 2.98. The number of aryl methyl sites for hydroxylation is 2. The Bertz CT molecular complexity index is 636. The van der Waals surface area contributed by atoms with E-state index < -0.39 is 0 Å². The molecule has 3 rings (SSSR count). The van der Waals surface area contributed by atoms with E-state index in [1.54, 1.807) is 22.4 Å². The van der Waals surface area contributed by atoms with Gasteiger partial charge in [-0.15, -0.1) is 0 Å². The number of aromatic nitrogens is 1. The Hall–Kier alpha value is -1.88. The van der Waals surface area contributed by atoms with E-state index in [1.165, 1.54) is 0 Å². The number of thiophene rings is 1. The molecule has 0 radical (unpaired) electrons. The molecule has 98 valence electrons. The molecule has 19 heavy (non-hydrogen) atoms. The molecule has 0 aliphatic carbocycles. The lowest BCUT2D eigenvalue weighted by Gasteiger charge is -2.28. The van der Waals surface area contributed by atoms with E-state index in [0.717, 1.165) is 22.4 Å². The topological polar surface area (TPSA) is 42.4 Å². The molecular formula is C14H14N2O2S. The third-order valence-corrected chi connectivity index (χ3v) is 4.01. The summed E-state index contributed by atoms with van der Waals surface area (Å²) in [5.41, 5.74) is 3.56. The maximum Gasteiger partial charge on any atom is 0.259 e. The first kappa shape index (κ1) is 12.2. The Morgan fingerprint density at radius 2 is 2.26 bits per heavy atom. The molecule has 1 amide bonds. The zero-order valence-electron chi connectivity index (χ0n) is 10.8. The molecule has 5 heteroatoms. The predicted octanol–water partition coefficient (Wildman–Crippen LogP) is 2.80. The zero-order chi connectivity index (χ0) is 13.4. The predicted molar refractivity (Wildman–Crippen MR) is 75.2 cm³/mol. The second-order valence-electron chi connectivity index (χ2n) is 4.61. The third kappa shape index (κ3) is 2.10. The molecule has 4 nitrogen and oxygen atoms in total. The van der Waals surface area contributed by atoms with Crippen LogP contribution in [0.4, 0.5) is 5.69 Å². The highest BCUT2D eigenvalue weighted by molar-refractivity contribution is 7.08. The average molecular weight is 274 g/mol. The van der Waals surface area contributed by atoms with Crippen LogP contribution in [-0.4, -0.2) is 24.0 Å². The van der Waals surface area contributed by atoms with Crippen molar-refractivity contribution in [2.75, 3.05) is 18.1 Å². The summed E-state index contributed by atoms with van der Waals surface area (Å²) in [6, 6.07) is 1.95. The molecule has 1 aliphatic rings. The second kappa shape index (κ2) is 4.66. The average Bonchev–Trinajstić information content (AvgIpc) is 2.83. The van der Waals surface area contributed by atoms with Crippen LogP contribution < -0.4 is 9.64 Å². The number of carbonyl (C=O) groups is 1. The van der Waals surface area contributed by atoms with Crippen molar-refractivity contribution < 1.29 is 9.53 Å². The van der Waals surface area contributed by atoms with Crippen LogP contribution in [-0.2, 0) is 0 Å². The Balaban J connectivity index is 2.02. The zero-order valence-corrected chi connectivity index (χ0v) is 11.7. The molecule has 2 aromatic rings. The van der Waals surface area contributed by atoms with Gasteiger partial charge in [-0.2, -0.15) is 11.3 Å². The second-order valence-corrected chi connectivity index (χ2v) is 5.35. The van der Waals surface area contributed by atoms with Gasteiger partial charge >= 0.3 is 0 Å². The van der Waals surface area contributed by atoms with E-state index in [9.17, 15) is 4.79 Å². The van der Waals surface area contributed by atoms with Crippen molar-refractivity contribution in [1.82, 2.24) is 4.98 Å². The highest BCUT2D eigenvalue weighted by Gasteiger charge is 2.26. The van der Waals surface area contributed by atoms with Crippen molar-refractivity contribution in [2.45, 2.75) is 13.8 Å². The SMILES string of the molecule is Cc1cnc2c(c1)N(C(=O)c1cscc1C)CCO2. The first-order valence-corrected chi connectivity index (χ1v) is 7.05. The van der Waals surface area contributed by atoms with E-state index in [1.807, 2.05) is 30.7 Å². The van der Waals surface area contributed by atoms with Gasteiger partial charge in [0, 0.05) is 11.6 Å². The van der Waals surface area contributed by atoms with Gasteiger partial charge in [0.1, 0.15) is 12.3 Å². The molecule has 0 N–H and O–H groups in total. The molecule has 2 aromatic heterocycles. The lowest BCUT2D eigenvalue weighted by atomic mass is 10.1. The van der Waals surface area contributed by atoms with Crippen molar-refractivity contribution in [1.29, 1.82) is 0 Å². The molecule has 0 saturated carbocycles. The largest absolute Gasteiger partial charge is 0.474 e. The Labute approximate surface area is 115 Å². The number of amides is 1. The van der Waals surface area contributed by atoms with Crippen LogP contribution >= 0.6 is 11.3 Å². The smallest absolute Gasteiger partial charge is 0.259 e. The van der Waals surface area contributed by atoms with Crippen molar-refractivity contribution in [3.05, 3.63) is 39.7 Å². The fourth-order valence-corrected chi connectivity index (χ4v) is 2.96. The van der Waals surface area contributed by atoms with Gasteiger partial charge in [0.15, 0.2) is 0 Å². The van der Waals surface area contributed by atoms with Gasteiger partial charge in [0.2, 0.25) is 5.88 Å². The lowest BCUT2D eigenvalue weighted by molar-refractivity contribution is 0.0975. The number of hydrogen-bond acceptors (Lipinski definition) is 4. The van der Waals surface area contributed by atoms with Crippen molar-refractivity contribution in [3.63, 3.8) is 0 Å². The number of pyridine rings is 1. The van der Waals surface area contributed by atoms with Gasteiger partial charge in [0.05, 0.1) is 12.1 Å². The molecule has 0 bridgehead atoms. The molecule has 0 aromatic carbocycles. The molecule has 0 spiro atoms. The molecule has 1 aliphatic heterocycles. The van der Waals surface area contributed by atoms with Gasteiger partial charge in [-0.3, -0.25) is 4.79 Å². The number of nitrogens with zero attached hydrogens (tertiary/aromatic N) is 2. The molecule has 0 unspecified atom stereocenters. The van der Waals surface area contributed by atoms with E-state index in [4.69, 9.17) is 4.74 Å². The summed E-state index contributed by atoms with van der Waals surface area (Å²) in [6.07, 6.45) is 1.75. The number of anilines is 1. The minimum atomic E-state index is 0.0238. The third-order valence-electron chi connectivity index (χ3n) is 3.14. The highest BCUT2D eigenvalue weighted by Crippen LogP contribution is 2.31. The summed E-state index contributed by atoms with van der Waals surface area (Å²) >= 11 is 1.55.